The summed E-state index contributed by atoms with van der Waals surface area (Å²) in [5, 5.41) is 0.658. The van der Waals surface area contributed by atoms with Crippen LogP contribution in [-0.4, -0.2) is 74.7 Å². The average molecular weight is 355 g/mol. The molecule has 1 aromatic rings. The third kappa shape index (κ3) is 5.78. The topological polar surface area (TPSA) is 59.1 Å². The van der Waals surface area contributed by atoms with Crippen molar-refractivity contribution in [2.75, 3.05) is 53.1 Å². The van der Waals surface area contributed by atoms with Gasteiger partial charge >= 0.3 is 0 Å². The minimum absolute atomic E-state index is 0.0455. The second-order valence-electron chi connectivity index (χ2n) is 5.61. The van der Waals surface area contributed by atoms with E-state index in [2.05, 4.69) is 0 Å². The lowest BCUT2D eigenvalue weighted by atomic mass is 10.1. The van der Waals surface area contributed by atoms with Crippen molar-refractivity contribution in [1.29, 1.82) is 0 Å². The van der Waals surface area contributed by atoms with E-state index in [1.165, 1.54) is 0 Å². The SMILES string of the molecule is COCCOCC(=O)N1CCN(C(=O)Cc2ccc(Cl)cc2)CC1. The first-order valence-corrected chi connectivity index (χ1v) is 8.34. The van der Waals surface area contributed by atoms with E-state index in [1.807, 2.05) is 12.1 Å². The van der Waals surface area contributed by atoms with Crippen LogP contribution in [0.4, 0.5) is 0 Å². The number of nitrogens with zero attached hydrogens (tertiary/aromatic N) is 2. The second-order valence-corrected chi connectivity index (χ2v) is 6.05. The summed E-state index contributed by atoms with van der Waals surface area (Å²) in [5.41, 5.74) is 0.939. The average Bonchev–Trinajstić information content (AvgIpc) is 2.60. The molecule has 0 spiro atoms. The third-order valence-electron chi connectivity index (χ3n) is 3.91. The van der Waals surface area contributed by atoms with Crippen molar-refractivity contribution in [1.82, 2.24) is 9.80 Å². The molecule has 6 nitrogen and oxygen atoms in total. The van der Waals surface area contributed by atoms with Gasteiger partial charge in [-0.1, -0.05) is 23.7 Å². The van der Waals surface area contributed by atoms with Gasteiger partial charge in [0.05, 0.1) is 19.6 Å². The van der Waals surface area contributed by atoms with Gasteiger partial charge in [-0.15, -0.1) is 0 Å². The van der Waals surface area contributed by atoms with E-state index >= 15 is 0 Å². The standard InChI is InChI=1S/C17H23ClN2O4/c1-23-10-11-24-13-17(22)20-8-6-19(7-9-20)16(21)12-14-2-4-15(18)5-3-14/h2-5H,6-13H2,1H3. The van der Waals surface area contributed by atoms with E-state index < -0.39 is 0 Å². The minimum Gasteiger partial charge on any atom is -0.382 e. The highest BCUT2D eigenvalue weighted by atomic mass is 35.5. The fourth-order valence-electron chi connectivity index (χ4n) is 2.49. The van der Waals surface area contributed by atoms with Crippen LogP contribution in [0.25, 0.3) is 0 Å². The van der Waals surface area contributed by atoms with Gasteiger partial charge in [0.1, 0.15) is 6.61 Å². The summed E-state index contributed by atoms with van der Waals surface area (Å²) < 4.78 is 10.1. The number of hydrogen-bond acceptors (Lipinski definition) is 4. The molecule has 2 amide bonds. The normalized spacial score (nSPS) is 14.8. The van der Waals surface area contributed by atoms with Gasteiger partial charge in [0, 0.05) is 38.3 Å². The summed E-state index contributed by atoms with van der Waals surface area (Å²) in [6.45, 7) is 3.12. The quantitative estimate of drug-likeness (QED) is 0.691. The molecule has 132 valence electrons. The zero-order chi connectivity index (χ0) is 17.4. The van der Waals surface area contributed by atoms with Crippen LogP contribution in [0, 0.1) is 0 Å². The molecule has 0 aliphatic carbocycles. The number of benzene rings is 1. The summed E-state index contributed by atoms with van der Waals surface area (Å²) in [6, 6.07) is 7.28. The van der Waals surface area contributed by atoms with Crippen molar-refractivity contribution >= 4 is 23.4 Å². The Balaban J connectivity index is 1.72. The summed E-state index contributed by atoms with van der Waals surface area (Å²) in [6.07, 6.45) is 0.352. The lowest BCUT2D eigenvalue weighted by Crippen LogP contribution is -2.51. The zero-order valence-corrected chi connectivity index (χ0v) is 14.6. The van der Waals surface area contributed by atoms with E-state index in [0.717, 1.165) is 5.56 Å². The van der Waals surface area contributed by atoms with E-state index in [0.29, 0.717) is 50.8 Å². The van der Waals surface area contributed by atoms with Crippen LogP contribution < -0.4 is 0 Å². The highest BCUT2D eigenvalue weighted by Gasteiger charge is 2.24. The molecule has 24 heavy (non-hydrogen) atoms. The van der Waals surface area contributed by atoms with Crippen molar-refractivity contribution in [2.45, 2.75) is 6.42 Å². The lowest BCUT2D eigenvalue weighted by molar-refractivity contribution is -0.142. The molecule has 1 aromatic carbocycles. The van der Waals surface area contributed by atoms with E-state index in [4.69, 9.17) is 21.1 Å². The smallest absolute Gasteiger partial charge is 0.248 e. The maximum absolute atomic E-state index is 12.3. The van der Waals surface area contributed by atoms with Crippen molar-refractivity contribution in [3.05, 3.63) is 34.9 Å². The Labute approximate surface area is 147 Å². The first-order valence-electron chi connectivity index (χ1n) is 7.97. The molecule has 1 fully saturated rings. The number of methoxy groups -OCH3 is 1. The fraction of sp³-hybridized carbons (Fsp3) is 0.529. The molecule has 0 unspecified atom stereocenters. The Kier molecular flexibility index (Phi) is 7.49. The number of piperazine rings is 1. The van der Waals surface area contributed by atoms with Gasteiger partial charge in [-0.3, -0.25) is 9.59 Å². The van der Waals surface area contributed by atoms with Crippen molar-refractivity contribution in [2.24, 2.45) is 0 Å². The van der Waals surface area contributed by atoms with Crippen molar-refractivity contribution < 1.29 is 19.1 Å². The van der Waals surface area contributed by atoms with Crippen LogP contribution in [0.2, 0.25) is 5.02 Å². The van der Waals surface area contributed by atoms with Gasteiger partial charge in [-0.2, -0.15) is 0 Å². The van der Waals surface area contributed by atoms with Gasteiger partial charge < -0.3 is 19.3 Å². The van der Waals surface area contributed by atoms with E-state index in [9.17, 15) is 9.59 Å². The van der Waals surface area contributed by atoms with Crippen LogP contribution in [0.5, 0.6) is 0 Å². The molecule has 1 heterocycles. The molecule has 7 heteroatoms. The van der Waals surface area contributed by atoms with Crippen molar-refractivity contribution in [3.63, 3.8) is 0 Å². The van der Waals surface area contributed by atoms with Gasteiger partial charge in [0.25, 0.3) is 0 Å². The maximum atomic E-state index is 12.3. The molecule has 1 saturated heterocycles. The molecule has 0 aromatic heterocycles. The summed E-state index contributed by atoms with van der Waals surface area (Å²) in [7, 11) is 1.59. The van der Waals surface area contributed by atoms with Gasteiger partial charge in [-0.05, 0) is 17.7 Å². The van der Waals surface area contributed by atoms with Gasteiger partial charge in [0.15, 0.2) is 0 Å². The van der Waals surface area contributed by atoms with Crippen LogP contribution in [0.15, 0.2) is 24.3 Å². The number of amides is 2. The zero-order valence-electron chi connectivity index (χ0n) is 13.9. The first kappa shape index (κ1) is 18.7. The molecule has 1 aliphatic rings. The Morgan fingerprint density at radius 3 is 2.17 bits per heavy atom. The summed E-state index contributed by atoms with van der Waals surface area (Å²) in [5.74, 6) is 0.0247. The van der Waals surface area contributed by atoms with Crippen LogP contribution in [0.3, 0.4) is 0 Å². The summed E-state index contributed by atoms with van der Waals surface area (Å²) in [4.78, 5) is 27.9. The van der Waals surface area contributed by atoms with Crippen LogP contribution in [-0.2, 0) is 25.5 Å². The van der Waals surface area contributed by atoms with Gasteiger partial charge in [-0.25, -0.2) is 0 Å². The van der Waals surface area contributed by atoms with E-state index in [1.54, 1.807) is 29.0 Å². The number of carbonyl (C=O) groups is 2. The summed E-state index contributed by atoms with van der Waals surface area (Å²) >= 11 is 5.85. The molecule has 0 N–H and O–H groups in total. The highest BCUT2D eigenvalue weighted by Crippen LogP contribution is 2.12. The largest absolute Gasteiger partial charge is 0.382 e. The molecule has 1 aliphatic heterocycles. The Morgan fingerprint density at radius 1 is 1.00 bits per heavy atom. The van der Waals surface area contributed by atoms with Crippen LogP contribution >= 0.6 is 11.6 Å². The number of rotatable bonds is 7. The number of hydrogen-bond donors (Lipinski definition) is 0. The number of halogens is 1. The highest BCUT2D eigenvalue weighted by molar-refractivity contribution is 6.30. The van der Waals surface area contributed by atoms with E-state index in [-0.39, 0.29) is 18.4 Å². The third-order valence-corrected chi connectivity index (χ3v) is 4.16. The van der Waals surface area contributed by atoms with Crippen molar-refractivity contribution in [3.8, 4) is 0 Å². The minimum atomic E-state index is -0.0455. The number of ether oxygens (including phenoxy) is 2. The fourth-order valence-corrected chi connectivity index (χ4v) is 2.61. The second kappa shape index (κ2) is 9.61. The van der Waals surface area contributed by atoms with Gasteiger partial charge in [0.2, 0.25) is 11.8 Å². The molecule has 0 bridgehead atoms. The molecule has 0 radical (unpaired) electrons. The lowest BCUT2D eigenvalue weighted by Gasteiger charge is -2.34. The maximum Gasteiger partial charge on any atom is 0.248 e. The Bertz CT molecular complexity index is 542. The molecule has 0 saturated carbocycles. The molecular formula is C17H23ClN2O4. The predicted octanol–water partition coefficient (Wildman–Crippen LogP) is 1.22. The molecule has 0 atom stereocenters. The Morgan fingerprint density at radius 2 is 1.58 bits per heavy atom. The molecular weight excluding hydrogens is 332 g/mol. The predicted molar refractivity (Wildman–Crippen MR) is 91.0 cm³/mol. The molecule has 2 rings (SSSR count). The monoisotopic (exact) mass is 354 g/mol. The Hall–Kier alpha value is -1.63. The number of carbonyl (C=O) groups excluding carboxylic acids is 2. The van der Waals surface area contributed by atoms with Crippen LogP contribution in [0.1, 0.15) is 5.56 Å². The first-order chi connectivity index (χ1) is 11.6.